The van der Waals surface area contributed by atoms with Crippen LogP contribution in [0.15, 0.2) is 36.4 Å². The van der Waals surface area contributed by atoms with Gasteiger partial charge in [0.1, 0.15) is 12.4 Å². The lowest BCUT2D eigenvalue weighted by atomic mass is 10.2. The van der Waals surface area contributed by atoms with Crippen LogP contribution < -0.4 is 4.74 Å². The van der Waals surface area contributed by atoms with Gasteiger partial charge in [-0.25, -0.2) is 0 Å². The zero-order valence-corrected chi connectivity index (χ0v) is 16.1. The first kappa shape index (κ1) is 15.9. The lowest BCUT2D eigenvalue weighted by Gasteiger charge is -2.11. The molecule has 0 atom stereocenters. The van der Waals surface area contributed by atoms with Crippen LogP contribution in [0.4, 0.5) is 0 Å². The van der Waals surface area contributed by atoms with Crippen molar-refractivity contribution in [2.45, 2.75) is 6.61 Å². The molecule has 112 valence electrons. The van der Waals surface area contributed by atoms with Gasteiger partial charge >= 0.3 is 0 Å². The highest BCUT2D eigenvalue weighted by Crippen LogP contribution is 2.32. The molecule has 0 aliphatic rings. The van der Waals surface area contributed by atoms with Gasteiger partial charge in [-0.15, -0.1) is 10.2 Å². The van der Waals surface area contributed by atoms with Crippen LogP contribution in [0.25, 0.3) is 11.4 Å². The van der Waals surface area contributed by atoms with Crippen molar-refractivity contribution in [2.24, 2.45) is 0 Å². The van der Waals surface area contributed by atoms with E-state index in [-0.39, 0.29) is 0 Å². The molecule has 0 spiro atoms. The van der Waals surface area contributed by atoms with E-state index in [1.165, 1.54) is 0 Å². The van der Waals surface area contributed by atoms with Crippen molar-refractivity contribution in [3.8, 4) is 17.1 Å². The van der Waals surface area contributed by atoms with E-state index in [2.05, 4.69) is 65.8 Å². The summed E-state index contributed by atoms with van der Waals surface area (Å²) in [5.41, 5.74) is 1.93. The lowest BCUT2D eigenvalue weighted by molar-refractivity contribution is 0.302. The SMILES string of the molecule is Clc1cccc(COc2c(I)cc(-c3nn[nH]n3)cc2I)c1. The van der Waals surface area contributed by atoms with E-state index in [1.807, 2.05) is 36.4 Å². The van der Waals surface area contributed by atoms with Crippen LogP contribution in [-0.4, -0.2) is 20.6 Å². The number of aromatic amines is 1. The molecule has 8 heteroatoms. The maximum absolute atomic E-state index is 5.99. The number of hydrogen-bond donors (Lipinski definition) is 1. The highest BCUT2D eigenvalue weighted by Gasteiger charge is 2.12. The van der Waals surface area contributed by atoms with Crippen molar-refractivity contribution < 1.29 is 4.74 Å². The highest BCUT2D eigenvalue weighted by molar-refractivity contribution is 14.1. The first-order valence-electron chi connectivity index (χ1n) is 6.23. The second-order valence-electron chi connectivity index (χ2n) is 4.42. The third kappa shape index (κ3) is 3.69. The van der Waals surface area contributed by atoms with Crippen LogP contribution in [0.2, 0.25) is 5.02 Å². The van der Waals surface area contributed by atoms with Crippen LogP contribution in [-0.2, 0) is 6.61 Å². The molecule has 1 aromatic heterocycles. The second kappa shape index (κ2) is 7.09. The number of H-pyrrole nitrogens is 1. The largest absolute Gasteiger partial charge is 0.487 e. The number of rotatable bonds is 4. The van der Waals surface area contributed by atoms with Crippen molar-refractivity contribution in [3.05, 3.63) is 54.1 Å². The summed E-state index contributed by atoms with van der Waals surface area (Å²) >= 11 is 10.5. The van der Waals surface area contributed by atoms with Gasteiger partial charge in [0.2, 0.25) is 5.82 Å². The number of nitrogens with zero attached hydrogens (tertiary/aromatic N) is 3. The normalized spacial score (nSPS) is 10.7. The standard InChI is InChI=1S/C14H9ClI2N4O/c15-10-3-1-2-8(4-10)7-22-13-11(16)5-9(6-12(13)17)14-18-20-21-19-14/h1-6H,7H2,(H,18,19,20,21). The molecule has 0 saturated heterocycles. The first-order chi connectivity index (χ1) is 10.6. The molecule has 0 amide bonds. The highest BCUT2D eigenvalue weighted by atomic mass is 127. The molecule has 5 nitrogen and oxygen atoms in total. The van der Waals surface area contributed by atoms with E-state index in [1.54, 1.807) is 0 Å². The van der Waals surface area contributed by atoms with E-state index < -0.39 is 0 Å². The zero-order valence-electron chi connectivity index (χ0n) is 11.1. The van der Waals surface area contributed by atoms with Gasteiger partial charge in [0.25, 0.3) is 0 Å². The molecule has 0 bridgehead atoms. The van der Waals surface area contributed by atoms with Crippen LogP contribution in [0.3, 0.4) is 0 Å². The van der Waals surface area contributed by atoms with Gasteiger partial charge in [0.05, 0.1) is 7.14 Å². The smallest absolute Gasteiger partial charge is 0.204 e. The Labute approximate surface area is 159 Å². The summed E-state index contributed by atoms with van der Waals surface area (Å²) in [6, 6.07) is 11.6. The van der Waals surface area contributed by atoms with E-state index in [9.17, 15) is 0 Å². The Bertz CT molecular complexity index is 772. The van der Waals surface area contributed by atoms with Gasteiger partial charge in [0.15, 0.2) is 0 Å². The summed E-state index contributed by atoms with van der Waals surface area (Å²) in [5.74, 6) is 1.41. The Morgan fingerprint density at radius 2 is 1.91 bits per heavy atom. The predicted molar refractivity (Wildman–Crippen MR) is 101 cm³/mol. The molecule has 0 saturated carbocycles. The molecule has 22 heavy (non-hydrogen) atoms. The molecular formula is C14H9ClI2N4O. The van der Waals surface area contributed by atoms with Gasteiger partial charge in [0, 0.05) is 10.6 Å². The Hall–Kier alpha value is -0.940. The number of hydrogen-bond acceptors (Lipinski definition) is 4. The summed E-state index contributed by atoms with van der Waals surface area (Å²) in [5, 5.41) is 14.7. The number of ether oxygens (including phenoxy) is 1. The Kier molecular flexibility index (Phi) is 5.14. The zero-order chi connectivity index (χ0) is 15.5. The monoisotopic (exact) mass is 538 g/mol. The number of halogens is 3. The Morgan fingerprint density at radius 3 is 2.55 bits per heavy atom. The number of benzene rings is 2. The Morgan fingerprint density at radius 1 is 1.14 bits per heavy atom. The van der Waals surface area contributed by atoms with Gasteiger partial charge in [-0.05, 0) is 80.2 Å². The van der Waals surface area contributed by atoms with E-state index in [0.29, 0.717) is 17.5 Å². The van der Waals surface area contributed by atoms with Crippen molar-refractivity contribution in [3.63, 3.8) is 0 Å². The minimum atomic E-state index is 0.466. The first-order valence-corrected chi connectivity index (χ1v) is 8.77. The van der Waals surface area contributed by atoms with Crippen LogP contribution in [0, 0.1) is 7.14 Å². The van der Waals surface area contributed by atoms with E-state index >= 15 is 0 Å². The second-order valence-corrected chi connectivity index (χ2v) is 7.18. The van der Waals surface area contributed by atoms with E-state index in [0.717, 1.165) is 24.0 Å². The molecule has 0 radical (unpaired) electrons. The summed E-state index contributed by atoms with van der Waals surface area (Å²) in [4.78, 5) is 0. The average Bonchev–Trinajstić information content (AvgIpc) is 3.00. The molecule has 3 aromatic rings. The average molecular weight is 539 g/mol. The van der Waals surface area contributed by atoms with Gasteiger partial charge in [-0.1, -0.05) is 23.7 Å². The third-order valence-corrected chi connectivity index (χ3v) is 4.71. The lowest BCUT2D eigenvalue weighted by Crippen LogP contribution is -1.99. The van der Waals surface area contributed by atoms with Crippen molar-refractivity contribution in [1.82, 2.24) is 20.6 Å². The fourth-order valence-electron chi connectivity index (χ4n) is 1.89. The van der Waals surface area contributed by atoms with Crippen LogP contribution in [0.1, 0.15) is 5.56 Å². The predicted octanol–water partition coefficient (Wildman–Crippen LogP) is 4.31. The topological polar surface area (TPSA) is 63.7 Å². The molecular weight excluding hydrogens is 529 g/mol. The number of tetrazole rings is 1. The third-order valence-electron chi connectivity index (χ3n) is 2.87. The molecule has 0 unspecified atom stereocenters. The number of aromatic nitrogens is 4. The molecule has 1 heterocycles. The van der Waals surface area contributed by atoms with Gasteiger partial charge in [-0.3, -0.25) is 0 Å². The minimum absolute atomic E-state index is 0.466. The molecule has 2 aromatic carbocycles. The molecule has 0 aliphatic heterocycles. The minimum Gasteiger partial charge on any atom is -0.487 e. The fraction of sp³-hybridized carbons (Fsp3) is 0.0714. The molecule has 1 N–H and O–H groups in total. The van der Waals surface area contributed by atoms with Gasteiger partial charge < -0.3 is 4.74 Å². The summed E-state index contributed by atoms with van der Waals surface area (Å²) < 4.78 is 7.93. The summed E-state index contributed by atoms with van der Waals surface area (Å²) in [6.45, 7) is 0.466. The van der Waals surface area contributed by atoms with Crippen molar-refractivity contribution >= 4 is 56.8 Å². The quantitative estimate of drug-likeness (QED) is 0.503. The summed E-state index contributed by atoms with van der Waals surface area (Å²) in [7, 11) is 0. The van der Waals surface area contributed by atoms with Crippen LogP contribution in [0.5, 0.6) is 5.75 Å². The van der Waals surface area contributed by atoms with Gasteiger partial charge in [-0.2, -0.15) is 5.21 Å². The fourth-order valence-corrected chi connectivity index (χ4v) is 4.19. The van der Waals surface area contributed by atoms with Crippen LogP contribution >= 0.6 is 56.8 Å². The molecule has 0 fully saturated rings. The number of nitrogens with one attached hydrogen (secondary N) is 1. The van der Waals surface area contributed by atoms with Crippen molar-refractivity contribution in [2.75, 3.05) is 0 Å². The molecule has 3 rings (SSSR count). The maximum Gasteiger partial charge on any atom is 0.204 e. The Balaban J connectivity index is 1.82. The van der Waals surface area contributed by atoms with E-state index in [4.69, 9.17) is 16.3 Å². The van der Waals surface area contributed by atoms with Crippen molar-refractivity contribution in [1.29, 1.82) is 0 Å². The molecule has 0 aliphatic carbocycles. The summed E-state index contributed by atoms with van der Waals surface area (Å²) in [6.07, 6.45) is 0. The maximum atomic E-state index is 5.99.